The van der Waals surface area contributed by atoms with Crippen LogP contribution in [0.5, 0.6) is 0 Å². The summed E-state index contributed by atoms with van der Waals surface area (Å²) < 4.78 is 10.8. The van der Waals surface area contributed by atoms with Gasteiger partial charge < -0.3 is 14.4 Å². The molecule has 1 aliphatic heterocycles. The summed E-state index contributed by atoms with van der Waals surface area (Å²) in [7, 11) is 0. The molecule has 2 atom stereocenters. The van der Waals surface area contributed by atoms with E-state index >= 15 is 0 Å². The SMILES string of the molecule is C[C@H]1CN(C(=O)COC(=O)c2ccccc2C(=O)c2ccccc2)C[C@H](C)O1. The van der Waals surface area contributed by atoms with Crippen molar-refractivity contribution in [3.05, 3.63) is 71.3 Å². The third-order valence-electron chi connectivity index (χ3n) is 4.53. The monoisotopic (exact) mass is 381 g/mol. The summed E-state index contributed by atoms with van der Waals surface area (Å²) in [5.41, 5.74) is 0.878. The molecule has 2 aromatic carbocycles. The summed E-state index contributed by atoms with van der Waals surface area (Å²) in [4.78, 5) is 39.3. The first-order chi connectivity index (χ1) is 13.5. The van der Waals surface area contributed by atoms with Gasteiger partial charge in [-0.2, -0.15) is 0 Å². The smallest absolute Gasteiger partial charge is 0.339 e. The Morgan fingerprint density at radius 3 is 2.14 bits per heavy atom. The molecule has 0 radical (unpaired) electrons. The van der Waals surface area contributed by atoms with Crippen LogP contribution < -0.4 is 0 Å². The summed E-state index contributed by atoms with van der Waals surface area (Å²) >= 11 is 0. The van der Waals surface area contributed by atoms with Crippen molar-refractivity contribution < 1.29 is 23.9 Å². The van der Waals surface area contributed by atoms with E-state index in [9.17, 15) is 14.4 Å². The fourth-order valence-electron chi connectivity index (χ4n) is 3.28. The molecular weight excluding hydrogens is 358 g/mol. The zero-order valence-electron chi connectivity index (χ0n) is 16.0. The quantitative estimate of drug-likeness (QED) is 0.588. The Morgan fingerprint density at radius 1 is 0.929 bits per heavy atom. The predicted octanol–water partition coefficient (Wildman–Crippen LogP) is 2.71. The Balaban J connectivity index is 1.68. The van der Waals surface area contributed by atoms with E-state index in [1.807, 2.05) is 19.9 Å². The van der Waals surface area contributed by atoms with E-state index in [0.717, 1.165) is 0 Å². The number of benzene rings is 2. The minimum absolute atomic E-state index is 0.0624. The van der Waals surface area contributed by atoms with Crippen molar-refractivity contribution in [1.29, 1.82) is 0 Å². The first-order valence-corrected chi connectivity index (χ1v) is 9.25. The van der Waals surface area contributed by atoms with Gasteiger partial charge in [0.15, 0.2) is 12.4 Å². The van der Waals surface area contributed by atoms with E-state index in [1.54, 1.807) is 47.4 Å². The van der Waals surface area contributed by atoms with Gasteiger partial charge in [0, 0.05) is 24.2 Å². The van der Waals surface area contributed by atoms with Crippen LogP contribution >= 0.6 is 0 Å². The fraction of sp³-hybridized carbons (Fsp3) is 0.318. The zero-order chi connectivity index (χ0) is 20.1. The lowest BCUT2D eigenvalue weighted by molar-refractivity contribution is -0.146. The predicted molar refractivity (Wildman–Crippen MR) is 103 cm³/mol. The summed E-state index contributed by atoms with van der Waals surface area (Å²) in [5.74, 6) is -1.24. The average Bonchev–Trinajstić information content (AvgIpc) is 2.71. The highest BCUT2D eigenvalue weighted by Gasteiger charge is 2.27. The van der Waals surface area contributed by atoms with Gasteiger partial charge in [0.05, 0.1) is 17.8 Å². The molecule has 6 heteroatoms. The molecule has 1 saturated heterocycles. The van der Waals surface area contributed by atoms with E-state index in [-0.39, 0.29) is 41.6 Å². The summed E-state index contributed by atoms with van der Waals surface area (Å²) in [6, 6.07) is 15.2. The maximum atomic E-state index is 12.7. The summed E-state index contributed by atoms with van der Waals surface area (Å²) in [6.07, 6.45) is -0.125. The molecule has 0 bridgehead atoms. The molecule has 1 fully saturated rings. The molecule has 6 nitrogen and oxygen atoms in total. The topological polar surface area (TPSA) is 72.9 Å². The maximum absolute atomic E-state index is 12.7. The molecule has 0 unspecified atom stereocenters. The first kappa shape index (κ1) is 19.8. The van der Waals surface area contributed by atoms with Gasteiger partial charge in [-0.05, 0) is 19.9 Å². The third-order valence-corrected chi connectivity index (χ3v) is 4.53. The molecule has 3 rings (SSSR count). The van der Waals surface area contributed by atoms with Crippen LogP contribution in [0.25, 0.3) is 0 Å². The van der Waals surface area contributed by atoms with Crippen molar-refractivity contribution in [3.63, 3.8) is 0 Å². The number of nitrogens with zero attached hydrogens (tertiary/aromatic N) is 1. The molecule has 0 N–H and O–H groups in total. The average molecular weight is 381 g/mol. The highest BCUT2D eigenvalue weighted by molar-refractivity contribution is 6.14. The van der Waals surface area contributed by atoms with Crippen molar-refractivity contribution >= 4 is 17.7 Å². The molecule has 0 saturated carbocycles. The van der Waals surface area contributed by atoms with E-state index < -0.39 is 5.97 Å². The molecule has 1 amide bonds. The van der Waals surface area contributed by atoms with Crippen LogP contribution in [-0.4, -0.2) is 54.5 Å². The Bertz CT molecular complexity index is 854. The van der Waals surface area contributed by atoms with E-state index in [2.05, 4.69) is 0 Å². The van der Waals surface area contributed by atoms with Crippen molar-refractivity contribution in [2.45, 2.75) is 26.1 Å². The van der Waals surface area contributed by atoms with Gasteiger partial charge in [-0.25, -0.2) is 4.79 Å². The minimum atomic E-state index is -0.692. The summed E-state index contributed by atoms with van der Waals surface area (Å²) in [6.45, 7) is 4.35. The number of ether oxygens (including phenoxy) is 2. The van der Waals surface area contributed by atoms with Crippen molar-refractivity contribution in [1.82, 2.24) is 4.90 Å². The molecule has 0 aromatic heterocycles. The van der Waals surface area contributed by atoms with Crippen LogP contribution in [0.4, 0.5) is 0 Å². The number of morpholine rings is 1. The second-order valence-corrected chi connectivity index (χ2v) is 6.87. The van der Waals surface area contributed by atoms with Crippen LogP contribution in [-0.2, 0) is 14.3 Å². The van der Waals surface area contributed by atoms with Crippen LogP contribution in [0.2, 0.25) is 0 Å². The number of carbonyl (C=O) groups excluding carboxylic acids is 3. The van der Waals surface area contributed by atoms with Crippen molar-refractivity contribution in [2.24, 2.45) is 0 Å². The van der Waals surface area contributed by atoms with E-state index in [4.69, 9.17) is 9.47 Å². The number of esters is 1. The molecule has 0 spiro atoms. The van der Waals surface area contributed by atoms with Gasteiger partial charge in [-0.1, -0.05) is 48.5 Å². The van der Waals surface area contributed by atoms with Crippen LogP contribution in [0.1, 0.15) is 40.1 Å². The number of hydrogen-bond acceptors (Lipinski definition) is 5. The lowest BCUT2D eigenvalue weighted by Crippen LogP contribution is -2.49. The third kappa shape index (κ3) is 4.64. The second kappa shape index (κ2) is 8.80. The number of carbonyl (C=O) groups is 3. The van der Waals surface area contributed by atoms with Crippen LogP contribution in [0.15, 0.2) is 54.6 Å². The van der Waals surface area contributed by atoms with E-state index in [1.165, 1.54) is 6.07 Å². The lowest BCUT2D eigenvalue weighted by Gasteiger charge is -2.35. The van der Waals surface area contributed by atoms with Gasteiger partial charge in [0.25, 0.3) is 5.91 Å². The van der Waals surface area contributed by atoms with Crippen molar-refractivity contribution in [3.8, 4) is 0 Å². The zero-order valence-corrected chi connectivity index (χ0v) is 16.0. The van der Waals surface area contributed by atoms with E-state index in [0.29, 0.717) is 18.7 Å². The molecule has 2 aromatic rings. The minimum Gasteiger partial charge on any atom is -0.452 e. The Kier molecular flexibility index (Phi) is 6.21. The van der Waals surface area contributed by atoms with Gasteiger partial charge >= 0.3 is 5.97 Å². The number of hydrogen-bond donors (Lipinski definition) is 0. The first-order valence-electron chi connectivity index (χ1n) is 9.25. The molecule has 0 aliphatic carbocycles. The standard InChI is InChI=1S/C22H23NO5/c1-15-12-23(13-16(2)28-15)20(24)14-27-22(26)19-11-7-6-10-18(19)21(25)17-8-4-3-5-9-17/h3-11,15-16H,12-14H2,1-2H3/t15-,16-/m0/s1. The van der Waals surface area contributed by atoms with Gasteiger partial charge in [-0.15, -0.1) is 0 Å². The Morgan fingerprint density at radius 2 is 1.50 bits per heavy atom. The highest BCUT2D eigenvalue weighted by Crippen LogP contribution is 2.16. The van der Waals surface area contributed by atoms with Gasteiger partial charge in [0.1, 0.15) is 0 Å². The molecule has 1 aliphatic rings. The van der Waals surface area contributed by atoms with Crippen molar-refractivity contribution in [2.75, 3.05) is 19.7 Å². The number of amides is 1. The normalized spacial score (nSPS) is 19.1. The molecular formula is C22H23NO5. The Labute approximate surface area is 164 Å². The Hall–Kier alpha value is -2.99. The molecule has 1 heterocycles. The van der Waals surface area contributed by atoms with Gasteiger partial charge in [0.2, 0.25) is 0 Å². The van der Waals surface area contributed by atoms with Crippen LogP contribution in [0, 0.1) is 0 Å². The van der Waals surface area contributed by atoms with Gasteiger partial charge in [-0.3, -0.25) is 9.59 Å². The fourth-order valence-corrected chi connectivity index (χ4v) is 3.28. The largest absolute Gasteiger partial charge is 0.452 e. The summed E-state index contributed by atoms with van der Waals surface area (Å²) in [5, 5.41) is 0. The lowest BCUT2D eigenvalue weighted by atomic mass is 9.98. The number of ketones is 1. The molecule has 146 valence electrons. The highest BCUT2D eigenvalue weighted by atomic mass is 16.5. The number of rotatable bonds is 5. The van der Waals surface area contributed by atoms with Crippen LogP contribution in [0.3, 0.4) is 0 Å². The molecule has 28 heavy (non-hydrogen) atoms. The second-order valence-electron chi connectivity index (χ2n) is 6.87. The maximum Gasteiger partial charge on any atom is 0.339 e.